The minimum Gasteiger partial charge on any atom is -0.406 e. The van der Waals surface area contributed by atoms with Crippen molar-refractivity contribution in [1.29, 1.82) is 0 Å². The smallest absolute Gasteiger partial charge is 0.406 e. The van der Waals surface area contributed by atoms with E-state index < -0.39 is 6.36 Å². The molecule has 1 aliphatic carbocycles. The molecule has 22 heavy (non-hydrogen) atoms. The van der Waals surface area contributed by atoms with Crippen LogP contribution in [-0.4, -0.2) is 6.36 Å². The number of hydrogen-bond acceptors (Lipinski definition) is 1. The number of alkyl halides is 3. The summed E-state index contributed by atoms with van der Waals surface area (Å²) in [7, 11) is 0. The minimum absolute atomic E-state index is 0.135. The molecular formula is C18H25F3O. The quantitative estimate of drug-likeness (QED) is 0.549. The fraction of sp³-hybridized carbons (Fsp3) is 0.667. The standard InChI is InChI=1S/C18H25F3O/c1-2-3-4-5-14-6-8-15(9-7-14)16-10-12-17(13-11-16)22-18(19,20)21/h10-15H,2-9H2,1H3/t14-,15-. The van der Waals surface area contributed by atoms with Crippen molar-refractivity contribution in [3.05, 3.63) is 29.8 Å². The highest BCUT2D eigenvalue weighted by Gasteiger charge is 2.31. The van der Waals surface area contributed by atoms with Gasteiger partial charge in [-0.15, -0.1) is 13.2 Å². The van der Waals surface area contributed by atoms with Gasteiger partial charge in [0.15, 0.2) is 0 Å². The molecule has 0 atom stereocenters. The molecule has 0 heterocycles. The van der Waals surface area contributed by atoms with E-state index in [0.29, 0.717) is 5.92 Å². The molecule has 1 nitrogen and oxygen atoms in total. The molecule has 1 aromatic carbocycles. The summed E-state index contributed by atoms with van der Waals surface area (Å²) < 4.78 is 40.4. The van der Waals surface area contributed by atoms with Gasteiger partial charge in [-0.05, 0) is 55.2 Å². The molecule has 1 saturated carbocycles. The van der Waals surface area contributed by atoms with Gasteiger partial charge in [0.25, 0.3) is 0 Å². The Kier molecular flexibility index (Phi) is 6.16. The molecule has 2 rings (SSSR count). The first-order valence-corrected chi connectivity index (χ1v) is 8.33. The Morgan fingerprint density at radius 3 is 2.18 bits per heavy atom. The highest BCUT2D eigenvalue weighted by molar-refractivity contribution is 5.29. The van der Waals surface area contributed by atoms with E-state index in [2.05, 4.69) is 11.7 Å². The average Bonchev–Trinajstić information content (AvgIpc) is 2.48. The molecule has 0 aliphatic heterocycles. The van der Waals surface area contributed by atoms with E-state index in [9.17, 15) is 13.2 Å². The molecule has 0 bridgehead atoms. The van der Waals surface area contributed by atoms with Crippen LogP contribution in [0.3, 0.4) is 0 Å². The van der Waals surface area contributed by atoms with Crippen LogP contribution < -0.4 is 4.74 Å². The van der Waals surface area contributed by atoms with E-state index in [4.69, 9.17) is 0 Å². The second-order valence-electron chi connectivity index (χ2n) is 6.33. The molecule has 4 heteroatoms. The van der Waals surface area contributed by atoms with E-state index in [-0.39, 0.29) is 5.75 Å². The first-order chi connectivity index (χ1) is 10.5. The predicted octanol–water partition coefficient (Wildman–Crippen LogP) is 6.44. The van der Waals surface area contributed by atoms with Gasteiger partial charge in [0, 0.05) is 0 Å². The van der Waals surface area contributed by atoms with Crippen molar-refractivity contribution in [2.45, 2.75) is 70.6 Å². The van der Waals surface area contributed by atoms with Gasteiger partial charge in [-0.3, -0.25) is 0 Å². The molecule has 1 fully saturated rings. The average molecular weight is 314 g/mol. The van der Waals surface area contributed by atoms with Gasteiger partial charge in [-0.2, -0.15) is 0 Å². The lowest BCUT2D eigenvalue weighted by atomic mass is 9.77. The first-order valence-electron chi connectivity index (χ1n) is 8.33. The molecular weight excluding hydrogens is 289 g/mol. The molecule has 0 radical (unpaired) electrons. The largest absolute Gasteiger partial charge is 0.573 e. The fourth-order valence-electron chi connectivity index (χ4n) is 3.41. The van der Waals surface area contributed by atoms with Gasteiger partial charge in [0.05, 0.1) is 0 Å². The second-order valence-corrected chi connectivity index (χ2v) is 6.33. The van der Waals surface area contributed by atoms with Gasteiger partial charge in [0.2, 0.25) is 0 Å². The van der Waals surface area contributed by atoms with Gasteiger partial charge in [0.1, 0.15) is 5.75 Å². The van der Waals surface area contributed by atoms with Crippen LogP contribution in [0.2, 0.25) is 0 Å². The maximum atomic E-state index is 12.1. The molecule has 0 saturated heterocycles. The number of unbranched alkanes of at least 4 members (excludes halogenated alkanes) is 2. The number of rotatable bonds is 6. The molecule has 0 aromatic heterocycles. The lowest BCUT2D eigenvalue weighted by Gasteiger charge is -2.29. The number of ether oxygens (including phenoxy) is 1. The summed E-state index contributed by atoms with van der Waals surface area (Å²) in [5.41, 5.74) is 1.14. The third kappa shape index (κ3) is 5.54. The Morgan fingerprint density at radius 1 is 1.00 bits per heavy atom. The maximum absolute atomic E-state index is 12.1. The predicted molar refractivity (Wildman–Crippen MR) is 82.0 cm³/mol. The van der Waals surface area contributed by atoms with Crippen LogP contribution in [-0.2, 0) is 0 Å². The van der Waals surface area contributed by atoms with Crippen LogP contribution in [0.1, 0.15) is 69.8 Å². The third-order valence-corrected chi connectivity index (χ3v) is 4.65. The van der Waals surface area contributed by atoms with Crippen LogP contribution in [0.5, 0.6) is 5.75 Å². The Balaban J connectivity index is 1.81. The summed E-state index contributed by atoms with van der Waals surface area (Å²) in [6.07, 6.45) is 5.42. The van der Waals surface area contributed by atoms with Gasteiger partial charge >= 0.3 is 6.36 Å². The van der Waals surface area contributed by atoms with E-state index in [1.54, 1.807) is 12.1 Å². The Hall–Kier alpha value is -1.19. The van der Waals surface area contributed by atoms with Crippen molar-refractivity contribution in [3.8, 4) is 5.75 Å². The summed E-state index contributed by atoms with van der Waals surface area (Å²) >= 11 is 0. The van der Waals surface area contributed by atoms with Crippen molar-refractivity contribution in [2.75, 3.05) is 0 Å². The molecule has 0 N–H and O–H groups in total. The van der Waals surface area contributed by atoms with Crippen molar-refractivity contribution in [3.63, 3.8) is 0 Å². The fourth-order valence-corrected chi connectivity index (χ4v) is 3.41. The molecule has 124 valence electrons. The SMILES string of the molecule is CCCCC[C@H]1CC[C@H](c2ccc(OC(F)(F)F)cc2)CC1. The van der Waals surface area contributed by atoms with E-state index in [1.807, 2.05) is 0 Å². The summed E-state index contributed by atoms with van der Waals surface area (Å²) in [6, 6.07) is 6.42. The third-order valence-electron chi connectivity index (χ3n) is 4.65. The summed E-state index contributed by atoms with van der Waals surface area (Å²) in [5.74, 6) is 1.20. The number of halogens is 3. The highest BCUT2D eigenvalue weighted by Crippen LogP contribution is 2.38. The second kappa shape index (κ2) is 7.89. The van der Waals surface area contributed by atoms with E-state index in [1.165, 1.54) is 50.7 Å². The summed E-state index contributed by atoms with van der Waals surface area (Å²) in [4.78, 5) is 0. The topological polar surface area (TPSA) is 9.23 Å². The Labute approximate surface area is 130 Å². The van der Waals surface area contributed by atoms with E-state index >= 15 is 0 Å². The van der Waals surface area contributed by atoms with Crippen LogP contribution in [0.4, 0.5) is 13.2 Å². The summed E-state index contributed by atoms with van der Waals surface area (Å²) in [5, 5.41) is 0. The van der Waals surface area contributed by atoms with Gasteiger partial charge in [-0.1, -0.05) is 44.7 Å². The van der Waals surface area contributed by atoms with Crippen LogP contribution >= 0.6 is 0 Å². The number of hydrogen-bond donors (Lipinski definition) is 0. The monoisotopic (exact) mass is 314 g/mol. The van der Waals surface area contributed by atoms with Crippen LogP contribution in [0, 0.1) is 5.92 Å². The van der Waals surface area contributed by atoms with Crippen LogP contribution in [0.25, 0.3) is 0 Å². The highest BCUT2D eigenvalue weighted by atomic mass is 19.4. The van der Waals surface area contributed by atoms with Crippen molar-refractivity contribution >= 4 is 0 Å². The lowest BCUT2D eigenvalue weighted by molar-refractivity contribution is -0.274. The van der Waals surface area contributed by atoms with E-state index in [0.717, 1.165) is 24.3 Å². The first kappa shape index (κ1) is 17.2. The molecule has 1 aliphatic rings. The zero-order valence-corrected chi connectivity index (χ0v) is 13.2. The minimum atomic E-state index is -4.61. The molecule has 0 unspecified atom stereocenters. The summed E-state index contributed by atoms with van der Waals surface area (Å²) in [6.45, 7) is 2.23. The maximum Gasteiger partial charge on any atom is 0.573 e. The Bertz CT molecular complexity index is 431. The number of benzene rings is 1. The molecule has 0 spiro atoms. The molecule has 1 aromatic rings. The van der Waals surface area contributed by atoms with Crippen molar-refractivity contribution in [2.24, 2.45) is 5.92 Å². The zero-order valence-electron chi connectivity index (χ0n) is 13.2. The normalized spacial score (nSPS) is 22.5. The lowest BCUT2D eigenvalue weighted by Crippen LogP contribution is -2.17. The van der Waals surface area contributed by atoms with Gasteiger partial charge < -0.3 is 4.74 Å². The van der Waals surface area contributed by atoms with Crippen LogP contribution in [0.15, 0.2) is 24.3 Å². The zero-order chi connectivity index (χ0) is 16.0. The van der Waals surface area contributed by atoms with Crippen molar-refractivity contribution < 1.29 is 17.9 Å². The van der Waals surface area contributed by atoms with Crippen molar-refractivity contribution in [1.82, 2.24) is 0 Å². The Morgan fingerprint density at radius 2 is 1.64 bits per heavy atom. The molecule has 0 amide bonds. The van der Waals surface area contributed by atoms with Gasteiger partial charge in [-0.25, -0.2) is 0 Å².